The van der Waals surface area contributed by atoms with E-state index in [-0.39, 0.29) is 5.91 Å². The lowest BCUT2D eigenvalue weighted by atomic mass is 10.2. The molecule has 0 saturated carbocycles. The van der Waals surface area contributed by atoms with Gasteiger partial charge in [-0.1, -0.05) is 5.21 Å². The van der Waals surface area contributed by atoms with Gasteiger partial charge in [0.15, 0.2) is 0 Å². The zero-order valence-corrected chi connectivity index (χ0v) is 12.6. The van der Waals surface area contributed by atoms with Crippen LogP contribution in [0.5, 0.6) is 0 Å². The van der Waals surface area contributed by atoms with Crippen LogP contribution in [0.2, 0.25) is 0 Å². The molecule has 4 rings (SSSR count). The third kappa shape index (κ3) is 2.63. The topological polar surface area (TPSA) is 84.6 Å². The Kier molecular flexibility index (Phi) is 3.41. The molecular formula is C15H17N7O. The standard InChI is InChI=1S/C15H17N7O/c23-15(12-4-1-5-16-12)20-7-3-9-22-14(11-20)13(18-19-22)10-21-8-2-6-17-21/h1-2,4-6,8,16H,3,7,9-11H2. The van der Waals surface area contributed by atoms with Crippen LogP contribution in [0.25, 0.3) is 0 Å². The van der Waals surface area contributed by atoms with E-state index in [0.717, 1.165) is 24.4 Å². The molecule has 1 aliphatic rings. The first kappa shape index (κ1) is 13.7. The van der Waals surface area contributed by atoms with E-state index in [2.05, 4.69) is 20.4 Å². The van der Waals surface area contributed by atoms with Crippen LogP contribution >= 0.6 is 0 Å². The first-order valence-electron chi connectivity index (χ1n) is 7.62. The second kappa shape index (κ2) is 5.71. The third-order valence-electron chi connectivity index (χ3n) is 4.04. The number of rotatable bonds is 3. The Hall–Kier alpha value is -2.90. The molecule has 0 bridgehead atoms. The second-order valence-corrected chi connectivity index (χ2v) is 5.57. The predicted molar refractivity (Wildman–Crippen MR) is 81.5 cm³/mol. The van der Waals surface area contributed by atoms with Gasteiger partial charge in [-0.2, -0.15) is 5.10 Å². The van der Waals surface area contributed by atoms with Crippen LogP contribution in [-0.4, -0.2) is 47.1 Å². The van der Waals surface area contributed by atoms with E-state index < -0.39 is 0 Å². The van der Waals surface area contributed by atoms with Crippen molar-refractivity contribution < 1.29 is 4.79 Å². The highest BCUT2D eigenvalue weighted by molar-refractivity contribution is 5.92. The molecule has 0 spiro atoms. The number of aromatic nitrogens is 6. The zero-order valence-electron chi connectivity index (χ0n) is 12.6. The van der Waals surface area contributed by atoms with Gasteiger partial charge in [0.25, 0.3) is 5.91 Å². The molecular weight excluding hydrogens is 294 g/mol. The number of aryl methyl sites for hydroxylation is 1. The second-order valence-electron chi connectivity index (χ2n) is 5.57. The van der Waals surface area contributed by atoms with Crippen molar-refractivity contribution >= 4 is 5.91 Å². The van der Waals surface area contributed by atoms with Crippen molar-refractivity contribution in [1.82, 2.24) is 34.7 Å². The summed E-state index contributed by atoms with van der Waals surface area (Å²) in [6.07, 6.45) is 6.26. The van der Waals surface area contributed by atoms with Gasteiger partial charge < -0.3 is 9.88 Å². The zero-order chi connectivity index (χ0) is 15.6. The number of nitrogens with one attached hydrogen (secondary N) is 1. The lowest BCUT2D eigenvalue weighted by molar-refractivity contribution is 0.0740. The van der Waals surface area contributed by atoms with E-state index in [4.69, 9.17) is 0 Å². The van der Waals surface area contributed by atoms with Crippen LogP contribution in [0.4, 0.5) is 0 Å². The van der Waals surface area contributed by atoms with E-state index in [1.807, 2.05) is 32.6 Å². The fraction of sp³-hybridized carbons (Fsp3) is 0.333. The van der Waals surface area contributed by atoms with Crippen molar-refractivity contribution in [1.29, 1.82) is 0 Å². The van der Waals surface area contributed by atoms with Gasteiger partial charge in [-0.15, -0.1) is 5.10 Å². The predicted octanol–water partition coefficient (Wildman–Crippen LogP) is 0.897. The smallest absolute Gasteiger partial charge is 0.270 e. The summed E-state index contributed by atoms with van der Waals surface area (Å²) in [5.74, 6) is 0.00897. The molecule has 3 aromatic rings. The highest BCUT2D eigenvalue weighted by atomic mass is 16.2. The van der Waals surface area contributed by atoms with Gasteiger partial charge in [0.1, 0.15) is 11.4 Å². The highest BCUT2D eigenvalue weighted by Crippen LogP contribution is 2.17. The van der Waals surface area contributed by atoms with E-state index in [1.165, 1.54) is 0 Å². The van der Waals surface area contributed by atoms with Gasteiger partial charge in [-0.3, -0.25) is 9.48 Å². The first-order chi connectivity index (χ1) is 11.3. The maximum Gasteiger partial charge on any atom is 0.270 e. The molecule has 23 heavy (non-hydrogen) atoms. The number of carbonyl (C=O) groups excluding carboxylic acids is 1. The first-order valence-corrected chi connectivity index (χ1v) is 7.62. The maximum absolute atomic E-state index is 12.6. The molecule has 4 heterocycles. The SMILES string of the molecule is O=C(c1ccc[nH]1)N1CCCn2nnc(Cn3cccn3)c2C1. The molecule has 0 saturated heterocycles. The van der Waals surface area contributed by atoms with E-state index >= 15 is 0 Å². The van der Waals surface area contributed by atoms with E-state index in [1.54, 1.807) is 18.5 Å². The van der Waals surface area contributed by atoms with Crippen LogP contribution in [0.1, 0.15) is 28.3 Å². The molecule has 3 aromatic heterocycles. The molecule has 0 atom stereocenters. The molecule has 0 aliphatic carbocycles. The molecule has 0 fully saturated rings. The number of amides is 1. The van der Waals surface area contributed by atoms with Crippen LogP contribution in [-0.2, 0) is 19.6 Å². The monoisotopic (exact) mass is 311 g/mol. The third-order valence-corrected chi connectivity index (χ3v) is 4.04. The summed E-state index contributed by atoms with van der Waals surface area (Å²) in [7, 11) is 0. The Labute approximate surface area is 132 Å². The minimum absolute atomic E-state index is 0.00897. The quantitative estimate of drug-likeness (QED) is 0.779. The average Bonchev–Trinajstić information content (AvgIpc) is 3.29. The van der Waals surface area contributed by atoms with Gasteiger partial charge in [-0.25, -0.2) is 4.68 Å². The molecule has 1 N–H and O–H groups in total. The molecule has 1 aliphatic heterocycles. The largest absolute Gasteiger partial charge is 0.357 e. The Bertz CT molecular complexity index is 788. The fourth-order valence-corrected chi connectivity index (χ4v) is 2.87. The number of carbonyl (C=O) groups is 1. The summed E-state index contributed by atoms with van der Waals surface area (Å²) in [6, 6.07) is 5.51. The Morgan fingerprint density at radius 1 is 1.30 bits per heavy atom. The summed E-state index contributed by atoms with van der Waals surface area (Å²) in [4.78, 5) is 17.4. The van der Waals surface area contributed by atoms with Crippen molar-refractivity contribution in [3.8, 4) is 0 Å². The maximum atomic E-state index is 12.6. The number of nitrogens with zero attached hydrogens (tertiary/aromatic N) is 6. The Morgan fingerprint density at radius 3 is 3.04 bits per heavy atom. The van der Waals surface area contributed by atoms with E-state index in [9.17, 15) is 4.79 Å². The van der Waals surface area contributed by atoms with E-state index in [0.29, 0.717) is 25.3 Å². The molecule has 0 aromatic carbocycles. The van der Waals surface area contributed by atoms with Crippen LogP contribution in [0.3, 0.4) is 0 Å². The van der Waals surface area contributed by atoms with Crippen molar-refractivity contribution in [2.45, 2.75) is 26.1 Å². The molecule has 8 nitrogen and oxygen atoms in total. The highest BCUT2D eigenvalue weighted by Gasteiger charge is 2.24. The minimum Gasteiger partial charge on any atom is -0.357 e. The van der Waals surface area contributed by atoms with Crippen molar-refractivity contribution in [3.63, 3.8) is 0 Å². The lowest BCUT2D eigenvalue weighted by Gasteiger charge is -2.19. The van der Waals surface area contributed by atoms with Gasteiger partial charge >= 0.3 is 0 Å². The number of aromatic amines is 1. The van der Waals surface area contributed by atoms with Crippen molar-refractivity contribution in [3.05, 3.63) is 53.9 Å². The molecule has 0 radical (unpaired) electrons. The molecule has 8 heteroatoms. The number of hydrogen-bond donors (Lipinski definition) is 1. The van der Waals surface area contributed by atoms with Crippen LogP contribution in [0, 0.1) is 0 Å². The summed E-state index contributed by atoms with van der Waals surface area (Å²) in [5.41, 5.74) is 2.46. The number of H-pyrrole nitrogens is 1. The van der Waals surface area contributed by atoms with Gasteiger partial charge in [0.2, 0.25) is 0 Å². The van der Waals surface area contributed by atoms with Gasteiger partial charge in [-0.05, 0) is 24.6 Å². The number of hydrogen-bond acceptors (Lipinski definition) is 4. The summed E-state index contributed by atoms with van der Waals surface area (Å²) in [5, 5.41) is 12.7. The summed E-state index contributed by atoms with van der Waals surface area (Å²) in [6.45, 7) is 2.56. The minimum atomic E-state index is 0.00897. The van der Waals surface area contributed by atoms with Gasteiger partial charge in [0.05, 0.1) is 18.8 Å². The normalized spacial score (nSPS) is 14.5. The molecule has 0 unspecified atom stereocenters. The molecule has 1 amide bonds. The fourth-order valence-electron chi connectivity index (χ4n) is 2.87. The average molecular weight is 311 g/mol. The Morgan fingerprint density at radius 2 is 2.26 bits per heavy atom. The van der Waals surface area contributed by atoms with Gasteiger partial charge in [0, 0.05) is 31.7 Å². The lowest BCUT2D eigenvalue weighted by Crippen LogP contribution is -2.31. The number of fused-ring (bicyclic) bond motifs is 1. The van der Waals surface area contributed by atoms with Crippen molar-refractivity contribution in [2.75, 3.05) is 6.54 Å². The summed E-state index contributed by atoms with van der Waals surface area (Å²) < 4.78 is 3.72. The van der Waals surface area contributed by atoms with Crippen LogP contribution in [0.15, 0.2) is 36.8 Å². The van der Waals surface area contributed by atoms with Crippen LogP contribution < -0.4 is 0 Å². The molecule has 118 valence electrons. The van der Waals surface area contributed by atoms with Crippen molar-refractivity contribution in [2.24, 2.45) is 0 Å². The summed E-state index contributed by atoms with van der Waals surface area (Å²) >= 11 is 0. The Balaban J connectivity index is 1.60.